The number of aromatic nitrogens is 2. The number of halogens is 2. The number of rotatable bonds is 11. The van der Waals surface area contributed by atoms with E-state index in [1.807, 2.05) is 37.3 Å². The van der Waals surface area contributed by atoms with Gasteiger partial charge in [0.1, 0.15) is 23.9 Å². The second-order valence-electron chi connectivity index (χ2n) is 9.23. The molecular weight excluding hydrogens is 478 g/mol. The van der Waals surface area contributed by atoms with Crippen LogP contribution in [0.1, 0.15) is 34.2 Å². The number of nitrogens with one attached hydrogen (secondary N) is 1. The van der Waals surface area contributed by atoms with Crippen molar-refractivity contribution in [1.29, 1.82) is 0 Å². The highest BCUT2D eigenvalue weighted by atomic mass is 19.1. The third-order valence-electron chi connectivity index (χ3n) is 5.90. The second-order valence-corrected chi connectivity index (χ2v) is 9.23. The molecule has 3 N–H and O–H groups in total. The van der Waals surface area contributed by atoms with Crippen LogP contribution in [-0.4, -0.2) is 40.6 Å². The summed E-state index contributed by atoms with van der Waals surface area (Å²) in [5, 5.41) is 2.86. The van der Waals surface area contributed by atoms with E-state index in [1.54, 1.807) is 29.7 Å². The SMILES string of the molecule is Cc1nc2c(OCc3c(F)cccc3F)cccn2c1C(=O)NCC(C)(N)COCCc1ccccc1. The Hall–Kier alpha value is -3.82. The Morgan fingerprint density at radius 2 is 1.81 bits per heavy atom. The molecule has 37 heavy (non-hydrogen) atoms. The number of benzene rings is 2. The van der Waals surface area contributed by atoms with Crippen molar-refractivity contribution in [3.05, 3.63) is 101 Å². The van der Waals surface area contributed by atoms with Gasteiger partial charge in [-0.2, -0.15) is 0 Å². The van der Waals surface area contributed by atoms with Gasteiger partial charge in [0.2, 0.25) is 0 Å². The molecule has 4 rings (SSSR count). The number of amides is 1. The molecule has 1 unspecified atom stereocenters. The molecule has 194 valence electrons. The molecule has 0 aliphatic rings. The van der Waals surface area contributed by atoms with E-state index in [2.05, 4.69) is 10.3 Å². The van der Waals surface area contributed by atoms with Crippen molar-refractivity contribution < 1.29 is 23.0 Å². The summed E-state index contributed by atoms with van der Waals surface area (Å²) in [6, 6.07) is 17.0. The molecule has 9 heteroatoms. The van der Waals surface area contributed by atoms with Gasteiger partial charge < -0.3 is 20.5 Å². The van der Waals surface area contributed by atoms with E-state index in [1.165, 1.54) is 23.8 Å². The van der Waals surface area contributed by atoms with Gasteiger partial charge in [0.05, 0.1) is 30.0 Å². The zero-order valence-corrected chi connectivity index (χ0v) is 20.8. The fourth-order valence-electron chi connectivity index (χ4n) is 3.92. The number of pyridine rings is 1. The monoisotopic (exact) mass is 508 g/mol. The first-order valence-electron chi connectivity index (χ1n) is 12.0. The molecule has 1 atom stereocenters. The van der Waals surface area contributed by atoms with Crippen LogP contribution < -0.4 is 15.8 Å². The first-order chi connectivity index (χ1) is 17.7. The van der Waals surface area contributed by atoms with E-state index in [0.29, 0.717) is 29.4 Å². The van der Waals surface area contributed by atoms with Crippen LogP contribution >= 0.6 is 0 Å². The summed E-state index contributed by atoms with van der Waals surface area (Å²) >= 11 is 0. The minimum Gasteiger partial charge on any atom is -0.485 e. The van der Waals surface area contributed by atoms with Crippen LogP contribution in [0.4, 0.5) is 8.78 Å². The Balaban J connectivity index is 1.38. The molecule has 0 bridgehead atoms. The van der Waals surface area contributed by atoms with Gasteiger partial charge in [0.15, 0.2) is 11.4 Å². The maximum absolute atomic E-state index is 14.0. The van der Waals surface area contributed by atoms with Gasteiger partial charge in [-0.15, -0.1) is 0 Å². The van der Waals surface area contributed by atoms with Crippen LogP contribution in [0.25, 0.3) is 5.65 Å². The second kappa shape index (κ2) is 11.5. The Bertz CT molecular complexity index is 1350. The maximum atomic E-state index is 14.0. The Morgan fingerprint density at radius 1 is 1.08 bits per heavy atom. The fraction of sp³-hybridized carbons (Fsp3) is 0.286. The van der Waals surface area contributed by atoms with E-state index < -0.39 is 17.2 Å². The summed E-state index contributed by atoms with van der Waals surface area (Å²) in [6.07, 6.45) is 2.45. The quantitative estimate of drug-likeness (QED) is 0.296. The van der Waals surface area contributed by atoms with E-state index in [-0.39, 0.29) is 31.2 Å². The van der Waals surface area contributed by atoms with Crippen LogP contribution in [0.5, 0.6) is 5.75 Å². The van der Waals surface area contributed by atoms with E-state index in [9.17, 15) is 13.6 Å². The molecule has 2 aromatic carbocycles. The lowest BCUT2D eigenvalue weighted by Gasteiger charge is -2.25. The number of hydrogen-bond acceptors (Lipinski definition) is 5. The Kier molecular flexibility index (Phi) is 8.15. The molecule has 1 amide bonds. The molecule has 0 spiro atoms. The fourth-order valence-corrected chi connectivity index (χ4v) is 3.92. The van der Waals surface area contributed by atoms with Crippen molar-refractivity contribution in [1.82, 2.24) is 14.7 Å². The maximum Gasteiger partial charge on any atom is 0.270 e. The molecule has 0 aliphatic heterocycles. The lowest BCUT2D eigenvalue weighted by molar-refractivity contribution is 0.0833. The number of hydrogen-bond donors (Lipinski definition) is 2. The molecule has 2 aromatic heterocycles. The number of carbonyl (C=O) groups excluding carboxylic acids is 1. The number of ether oxygens (including phenoxy) is 2. The minimum atomic E-state index is -0.779. The molecule has 7 nitrogen and oxygen atoms in total. The molecule has 0 radical (unpaired) electrons. The minimum absolute atomic E-state index is 0.182. The average molecular weight is 509 g/mol. The zero-order valence-electron chi connectivity index (χ0n) is 20.8. The lowest BCUT2D eigenvalue weighted by atomic mass is 10.1. The van der Waals surface area contributed by atoms with Crippen molar-refractivity contribution in [2.75, 3.05) is 19.8 Å². The standard InChI is InChI=1S/C28H30F2N4O3/c1-19-25(27(35)32-17-28(2,31)18-36-15-13-20-8-4-3-5-9-20)34-14-7-12-24(26(34)33-19)37-16-21-22(29)10-6-11-23(21)30/h3-12,14H,13,15-18,31H2,1-2H3,(H,32,35). The van der Waals surface area contributed by atoms with Gasteiger partial charge in [0, 0.05) is 12.7 Å². The molecule has 0 aliphatic carbocycles. The van der Waals surface area contributed by atoms with Crippen LogP contribution in [0.3, 0.4) is 0 Å². The number of carbonyl (C=O) groups is 1. The van der Waals surface area contributed by atoms with E-state index in [0.717, 1.165) is 6.42 Å². The highest BCUT2D eigenvalue weighted by Crippen LogP contribution is 2.24. The molecule has 4 aromatic rings. The largest absolute Gasteiger partial charge is 0.485 e. The van der Waals surface area contributed by atoms with Gasteiger partial charge in [-0.1, -0.05) is 36.4 Å². The first-order valence-corrected chi connectivity index (χ1v) is 12.0. The number of aryl methyl sites for hydroxylation is 1. The van der Waals surface area contributed by atoms with Crippen molar-refractivity contribution in [3.8, 4) is 5.75 Å². The summed E-state index contributed by atoms with van der Waals surface area (Å²) in [7, 11) is 0. The summed E-state index contributed by atoms with van der Waals surface area (Å²) in [5.74, 6) is -1.45. The van der Waals surface area contributed by atoms with Gasteiger partial charge >= 0.3 is 0 Å². The molecular formula is C28H30F2N4O3. The summed E-state index contributed by atoms with van der Waals surface area (Å²) in [6.45, 7) is 4.18. The van der Waals surface area contributed by atoms with Gasteiger partial charge in [-0.3, -0.25) is 9.20 Å². The van der Waals surface area contributed by atoms with Crippen molar-refractivity contribution in [2.45, 2.75) is 32.4 Å². The number of nitrogens with zero attached hydrogens (tertiary/aromatic N) is 2. The molecule has 0 saturated heterocycles. The highest BCUT2D eigenvalue weighted by Gasteiger charge is 2.24. The summed E-state index contributed by atoms with van der Waals surface area (Å²) in [5.41, 5.74) is 7.72. The van der Waals surface area contributed by atoms with Gasteiger partial charge in [-0.05, 0) is 50.1 Å². The van der Waals surface area contributed by atoms with Gasteiger partial charge in [-0.25, -0.2) is 13.8 Å². The first kappa shape index (κ1) is 26.2. The van der Waals surface area contributed by atoms with E-state index >= 15 is 0 Å². The Labute approximate surface area is 214 Å². The summed E-state index contributed by atoms with van der Waals surface area (Å²) in [4.78, 5) is 17.5. The normalized spacial score (nSPS) is 12.9. The number of imidazole rings is 1. The predicted molar refractivity (Wildman–Crippen MR) is 137 cm³/mol. The highest BCUT2D eigenvalue weighted by molar-refractivity contribution is 5.95. The van der Waals surface area contributed by atoms with Crippen molar-refractivity contribution in [2.24, 2.45) is 5.73 Å². The van der Waals surface area contributed by atoms with Crippen LogP contribution in [0.2, 0.25) is 0 Å². The smallest absolute Gasteiger partial charge is 0.270 e. The zero-order chi connectivity index (χ0) is 26.4. The topological polar surface area (TPSA) is 90.9 Å². The van der Waals surface area contributed by atoms with Crippen LogP contribution in [0.15, 0.2) is 66.9 Å². The molecule has 2 heterocycles. The van der Waals surface area contributed by atoms with Crippen LogP contribution in [0, 0.1) is 18.6 Å². The number of fused-ring (bicyclic) bond motifs is 1. The van der Waals surface area contributed by atoms with Crippen LogP contribution in [-0.2, 0) is 17.8 Å². The average Bonchev–Trinajstić information content (AvgIpc) is 3.22. The summed E-state index contributed by atoms with van der Waals surface area (Å²) < 4.78 is 41.0. The number of nitrogens with two attached hydrogens (primary N) is 1. The molecule has 0 fully saturated rings. The van der Waals surface area contributed by atoms with E-state index in [4.69, 9.17) is 15.2 Å². The third kappa shape index (κ3) is 6.49. The van der Waals surface area contributed by atoms with Crippen molar-refractivity contribution in [3.63, 3.8) is 0 Å². The predicted octanol–water partition coefficient (Wildman–Crippen LogP) is 4.21. The van der Waals surface area contributed by atoms with Gasteiger partial charge in [0.25, 0.3) is 5.91 Å². The van der Waals surface area contributed by atoms with Crippen molar-refractivity contribution >= 4 is 11.6 Å². The Morgan fingerprint density at radius 3 is 2.54 bits per heavy atom. The lowest BCUT2D eigenvalue weighted by Crippen LogP contribution is -2.51. The third-order valence-corrected chi connectivity index (χ3v) is 5.90. The molecule has 0 saturated carbocycles.